The number of hydroxylamine groups is 2. The van der Waals surface area contributed by atoms with Crippen molar-refractivity contribution < 1.29 is 9.58 Å². The molecule has 5 nitrogen and oxygen atoms in total. The number of rotatable bonds is 1. The zero-order valence-corrected chi connectivity index (χ0v) is 8.23. The van der Waals surface area contributed by atoms with Gasteiger partial charge in [0.1, 0.15) is 11.8 Å². The average Bonchev–Trinajstić information content (AvgIpc) is 2.65. The Hall–Kier alpha value is -1.49. The molecule has 0 amide bonds. The number of allylic oxidation sites excluding steroid dienone is 1. The summed E-state index contributed by atoms with van der Waals surface area (Å²) in [5, 5.41) is 12.8. The molecule has 1 N–H and O–H groups in total. The lowest BCUT2D eigenvalue weighted by atomic mass is 9.96. The van der Waals surface area contributed by atoms with Crippen molar-refractivity contribution in [3.05, 3.63) is 29.4 Å². The highest BCUT2D eigenvalue weighted by Gasteiger charge is 2.37. The Morgan fingerprint density at radius 3 is 3.07 bits per heavy atom. The number of hydrogen-bond donors (Lipinski definition) is 1. The predicted molar refractivity (Wildman–Crippen MR) is 51.7 cm³/mol. The molecule has 2 rings (SSSR count). The lowest BCUT2D eigenvalue weighted by Crippen LogP contribution is -2.49. The van der Waals surface area contributed by atoms with Crippen molar-refractivity contribution in [2.75, 3.05) is 0 Å². The van der Waals surface area contributed by atoms with Crippen molar-refractivity contribution in [1.82, 2.24) is 10.6 Å². The van der Waals surface area contributed by atoms with E-state index in [1.807, 2.05) is 13.0 Å². The summed E-state index contributed by atoms with van der Waals surface area (Å²) in [6, 6.07) is 0. The van der Waals surface area contributed by atoms with Gasteiger partial charge in [0.25, 0.3) is 0 Å². The minimum absolute atomic E-state index is 0.311. The van der Waals surface area contributed by atoms with Gasteiger partial charge in [0.15, 0.2) is 11.9 Å². The Bertz CT molecular complexity index is 327. The molecule has 0 saturated carbocycles. The molecule has 0 aromatic carbocycles. The summed E-state index contributed by atoms with van der Waals surface area (Å²) in [5.74, 6) is 0. The molecular formula is C9H13N3O2. The summed E-state index contributed by atoms with van der Waals surface area (Å²) in [6.07, 6.45) is 7.39. The summed E-state index contributed by atoms with van der Waals surface area (Å²) < 4.78 is 0.880. The van der Waals surface area contributed by atoms with E-state index in [4.69, 9.17) is 4.84 Å². The maximum Gasteiger partial charge on any atom is 0.187 e. The van der Waals surface area contributed by atoms with Crippen molar-refractivity contribution in [3.63, 3.8) is 0 Å². The van der Waals surface area contributed by atoms with E-state index in [9.17, 15) is 5.21 Å². The lowest BCUT2D eigenvalue weighted by Gasteiger charge is -2.33. The van der Waals surface area contributed by atoms with Crippen LogP contribution in [-0.4, -0.2) is 21.7 Å². The van der Waals surface area contributed by atoms with Crippen molar-refractivity contribution in [3.8, 4) is 0 Å². The van der Waals surface area contributed by atoms with Crippen LogP contribution in [0.1, 0.15) is 20.3 Å². The van der Waals surface area contributed by atoms with Crippen LogP contribution in [0.5, 0.6) is 0 Å². The van der Waals surface area contributed by atoms with Gasteiger partial charge >= 0.3 is 0 Å². The first-order valence-corrected chi connectivity index (χ1v) is 4.49. The van der Waals surface area contributed by atoms with E-state index in [-0.39, 0.29) is 5.54 Å². The molecule has 0 fully saturated rings. The molecule has 0 radical (unpaired) electrons. The molecule has 5 heteroatoms. The summed E-state index contributed by atoms with van der Waals surface area (Å²) >= 11 is 0. The molecule has 76 valence electrons. The third kappa shape index (κ3) is 1.35. The zero-order valence-electron chi connectivity index (χ0n) is 8.23. The average molecular weight is 195 g/mol. The van der Waals surface area contributed by atoms with Crippen molar-refractivity contribution >= 4 is 6.21 Å². The molecule has 0 bridgehead atoms. The first-order valence-electron chi connectivity index (χ1n) is 4.49. The molecule has 2 aliphatic rings. The Balaban J connectivity index is 2.19. The standard InChI is InChI=1S/C9H13N3O2/c1-8-7-9(2,3-5-11(8)13)12-10-4-6-14-12/h4-7,10H,3H2,1-2H3. The van der Waals surface area contributed by atoms with Crippen LogP contribution in [-0.2, 0) is 4.84 Å². The van der Waals surface area contributed by atoms with E-state index in [2.05, 4.69) is 5.43 Å². The first-order chi connectivity index (χ1) is 6.62. The number of nitrogens with one attached hydrogen (secondary N) is 1. The lowest BCUT2D eigenvalue weighted by molar-refractivity contribution is -0.402. The van der Waals surface area contributed by atoms with E-state index in [0.29, 0.717) is 12.1 Å². The first kappa shape index (κ1) is 9.08. The Kier molecular flexibility index (Phi) is 1.96. The minimum Gasteiger partial charge on any atom is -0.619 e. The maximum absolute atomic E-state index is 11.2. The zero-order chi connectivity index (χ0) is 10.2. The second-order valence-electron chi connectivity index (χ2n) is 3.69. The van der Waals surface area contributed by atoms with Gasteiger partial charge in [-0.2, -0.15) is 4.74 Å². The van der Waals surface area contributed by atoms with Crippen LogP contribution in [0, 0.1) is 5.21 Å². The van der Waals surface area contributed by atoms with Crippen LogP contribution in [0.2, 0.25) is 0 Å². The van der Waals surface area contributed by atoms with Gasteiger partial charge in [-0.05, 0) is 12.1 Å². The minimum atomic E-state index is -0.311. The molecule has 2 aliphatic heterocycles. The molecule has 14 heavy (non-hydrogen) atoms. The summed E-state index contributed by atoms with van der Waals surface area (Å²) in [7, 11) is 0. The van der Waals surface area contributed by atoms with Crippen molar-refractivity contribution in [2.24, 2.45) is 0 Å². The van der Waals surface area contributed by atoms with Gasteiger partial charge < -0.3 is 10.0 Å². The maximum atomic E-state index is 11.2. The fourth-order valence-electron chi connectivity index (χ4n) is 1.61. The SMILES string of the molecule is CC1=CC(C)(N2NC=CO2)CC=[N+]1[O-]. The second-order valence-corrected chi connectivity index (χ2v) is 3.69. The van der Waals surface area contributed by atoms with Crippen LogP contribution >= 0.6 is 0 Å². The third-order valence-electron chi connectivity index (χ3n) is 2.43. The highest BCUT2D eigenvalue weighted by atomic mass is 16.7. The Morgan fingerprint density at radius 1 is 1.71 bits per heavy atom. The number of hydrazine groups is 1. The molecule has 0 spiro atoms. The summed E-state index contributed by atoms with van der Waals surface area (Å²) in [6.45, 7) is 3.78. The van der Waals surface area contributed by atoms with Gasteiger partial charge in [-0.15, -0.1) is 0 Å². The smallest absolute Gasteiger partial charge is 0.187 e. The molecule has 0 aromatic heterocycles. The Morgan fingerprint density at radius 2 is 2.50 bits per heavy atom. The second kappa shape index (κ2) is 3.02. The van der Waals surface area contributed by atoms with E-state index >= 15 is 0 Å². The summed E-state index contributed by atoms with van der Waals surface area (Å²) in [4.78, 5) is 5.24. The van der Waals surface area contributed by atoms with Gasteiger partial charge in [-0.1, -0.05) is 0 Å². The Labute approximate surface area is 82.5 Å². The van der Waals surface area contributed by atoms with Gasteiger partial charge in [-0.3, -0.25) is 5.43 Å². The topological polar surface area (TPSA) is 50.6 Å². The predicted octanol–water partition coefficient (Wildman–Crippen LogP) is 0.857. The van der Waals surface area contributed by atoms with Crippen LogP contribution in [0.4, 0.5) is 0 Å². The van der Waals surface area contributed by atoms with Gasteiger partial charge in [0, 0.05) is 13.0 Å². The van der Waals surface area contributed by atoms with Gasteiger partial charge in [-0.25, -0.2) is 0 Å². The van der Waals surface area contributed by atoms with Crippen LogP contribution in [0.25, 0.3) is 0 Å². The molecule has 0 aromatic rings. The quantitative estimate of drug-likeness (QED) is 0.498. The highest BCUT2D eigenvalue weighted by molar-refractivity contribution is 5.56. The van der Waals surface area contributed by atoms with Gasteiger partial charge in [0.05, 0.1) is 12.6 Å². The molecule has 1 atom stereocenters. The summed E-state index contributed by atoms with van der Waals surface area (Å²) in [5.41, 5.74) is 3.31. The molecule has 0 saturated heterocycles. The number of hydrogen-bond acceptors (Lipinski definition) is 4. The van der Waals surface area contributed by atoms with E-state index < -0.39 is 0 Å². The molecule has 2 heterocycles. The third-order valence-corrected chi connectivity index (χ3v) is 2.43. The molecule has 0 aliphatic carbocycles. The van der Waals surface area contributed by atoms with Crippen LogP contribution in [0.3, 0.4) is 0 Å². The van der Waals surface area contributed by atoms with Crippen molar-refractivity contribution in [1.29, 1.82) is 0 Å². The molecule has 1 unspecified atom stereocenters. The van der Waals surface area contributed by atoms with Gasteiger partial charge in [0.2, 0.25) is 0 Å². The van der Waals surface area contributed by atoms with Crippen molar-refractivity contribution in [2.45, 2.75) is 25.8 Å². The fourth-order valence-corrected chi connectivity index (χ4v) is 1.61. The normalized spacial score (nSPS) is 31.9. The van der Waals surface area contributed by atoms with E-state index in [1.54, 1.807) is 30.8 Å². The number of nitrogens with zero attached hydrogens (tertiary/aromatic N) is 2. The van der Waals surface area contributed by atoms with Crippen LogP contribution in [0.15, 0.2) is 24.2 Å². The van der Waals surface area contributed by atoms with E-state index in [1.165, 1.54) is 0 Å². The highest BCUT2D eigenvalue weighted by Crippen LogP contribution is 2.25. The van der Waals surface area contributed by atoms with Crippen LogP contribution < -0.4 is 5.43 Å². The fraction of sp³-hybridized carbons (Fsp3) is 0.444. The van der Waals surface area contributed by atoms with E-state index in [0.717, 1.165) is 4.74 Å². The largest absolute Gasteiger partial charge is 0.619 e. The monoisotopic (exact) mass is 195 g/mol. The molecular weight excluding hydrogens is 182 g/mol.